The first-order valence-corrected chi connectivity index (χ1v) is 7.37. The molecule has 1 atom stereocenters. The van der Waals surface area contributed by atoms with Gasteiger partial charge in [0.15, 0.2) is 0 Å². The summed E-state index contributed by atoms with van der Waals surface area (Å²) < 4.78 is 0. The molecule has 2 aromatic carbocycles. The third-order valence-electron chi connectivity index (χ3n) is 3.30. The van der Waals surface area contributed by atoms with Gasteiger partial charge in [0, 0.05) is 16.6 Å². The van der Waals surface area contributed by atoms with E-state index in [0.29, 0.717) is 31.7 Å². The Labute approximate surface area is 136 Å². The zero-order valence-corrected chi connectivity index (χ0v) is 13.0. The molecule has 0 radical (unpaired) electrons. The molecule has 3 rings (SSSR count). The van der Waals surface area contributed by atoms with Crippen molar-refractivity contribution in [1.82, 2.24) is 4.98 Å². The Morgan fingerprint density at radius 1 is 1.00 bits per heavy atom. The van der Waals surface area contributed by atoms with Gasteiger partial charge in [0.05, 0.1) is 15.6 Å². The van der Waals surface area contributed by atoms with Crippen LogP contribution in [0.4, 0.5) is 0 Å². The summed E-state index contributed by atoms with van der Waals surface area (Å²) in [5.41, 5.74) is 1.99. The van der Waals surface area contributed by atoms with Gasteiger partial charge in [-0.2, -0.15) is 0 Å². The van der Waals surface area contributed by atoms with E-state index in [9.17, 15) is 5.11 Å². The summed E-state index contributed by atoms with van der Waals surface area (Å²) in [5, 5.41) is 12.8. The quantitative estimate of drug-likeness (QED) is 0.690. The molecule has 0 saturated heterocycles. The third kappa shape index (κ3) is 2.72. The maximum absolute atomic E-state index is 10.6. The molecule has 0 aliphatic rings. The van der Waals surface area contributed by atoms with Crippen molar-refractivity contribution in [3.05, 3.63) is 74.9 Å². The number of aliphatic hydroxyl groups excluding tert-OH is 1. The van der Waals surface area contributed by atoms with Crippen molar-refractivity contribution in [2.45, 2.75) is 6.10 Å². The van der Waals surface area contributed by atoms with Gasteiger partial charge in [-0.15, -0.1) is 0 Å². The lowest BCUT2D eigenvalue weighted by Gasteiger charge is -2.15. The average Bonchev–Trinajstić information content (AvgIpc) is 2.50. The normalized spacial score (nSPS) is 12.6. The van der Waals surface area contributed by atoms with Gasteiger partial charge < -0.3 is 5.11 Å². The van der Waals surface area contributed by atoms with Crippen LogP contribution in [0, 0.1) is 0 Å². The second-order valence-corrected chi connectivity index (χ2v) is 5.84. The number of nitrogens with zero attached hydrogens (tertiary/aromatic N) is 1. The summed E-state index contributed by atoms with van der Waals surface area (Å²) in [6.07, 6.45) is 0.791. The number of fused-ring (bicyclic) bond motifs is 1. The fourth-order valence-corrected chi connectivity index (χ4v) is 2.84. The van der Waals surface area contributed by atoms with Gasteiger partial charge in [-0.1, -0.05) is 53.0 Å². The van der Waals surface area contributed by atoms with Crippen LogP contribution in [-0.2, 0) is 0 Å². The van der Waals surface area contributed by atoms with Crippen LogP contribution in [0.15, 0.2) is 48.7 Å². The van der Waals surface area contributed by atoms with E-state index >= 15 is 0 Å². The second kappa shape index (κ2) is 5.82. The minimum atomic E-state index is -0.813. The third-order valence-corrected chi connectivity index (χ3v) is 4.33. The fraction of sp³-hybridized carbons (Fsp3) is 0.0625. The highest BCUT2D eigenvalue weighted by molar-refractivity contribution is 6.45. The number of aromatic nitrogens is 1. The van der Waals surface area contributed by atoms with E-state index in [4.69, 9.17) is 34.8 Å². The van der Waals surface area contributed by atoms with Gasteiger partial charge in [0.1, 0.15) is 6.10 Å². The lowest BCUT2D eigenvalue weighted by Crippen LogP contribution is -2.01. The molecule has 3 aromatic rings. The van der Waals surface area contributed by atoms with E-state index in [1.165, 1.54) is 0 Å². The van der Waals surface area contributed by atoms with Gasteiger partial charge >= 0.3 is 0 Å². The monoisotopic (exact) mass is 337 g/mol. The van der Waals surface area contributed by atoms with Crippen LogP contribution in [-0.4, -0.2) is 10.1 Å². The van der Waals surface area contributed by atoms with Gasteiger partial charge in [0.2, 0.25) is 0 Å². The van der Waals surface area contributed by atoms with E-state index in [-0.39, 0.29) is 0 Å². The summed E-state index contributed by atoms with van der Waals surface area (Å²) in [4.78, 5) is 4.24. The van der Waals surface area contributed by atoms with E-state index < -0.39 is 6.10 Å². The van der Waals surface area contributed by atoms with Crippen LogP contribution >= 0.6 is 34.8 Å². The van der Waals surface area contributed by atoms with Crippen LogP contribution in [0.25, 0.3) is 10.9 Å². The highest BCUT2D eigenvalue weighted by Crippen LogP contribution is 2.34. The van der Waals surface area contributed by atoms with Crippen molar-refractivity contribution in [3.8, 4) is 0 Å². The maximum Gasteiger partial charge on any atom is 0.105 e. The molecule has 1 unspecified atom stereocenters. The van der Waals surface area contributed by atoms with Gasteiger partial charge in [-0.25, -0.2) is 0 Å². The molecular weight excluding hydrogens is 329 g/mol. The van der Waals surface area contributed by atoms with Crippen LogP contribution < -0.4 is 0 Å². The fourth-order valence-electron chi connectivity index (χ4n) is 2.28. The SMILES string of the molecule is OC(c1cccc(Cl)c1)c1ccnc2c(Cl)c(Cl)ccc12. The summed E-state index contributed by atoms with van der Waals surface area (Å²) in [6.45, 7) is 0. The largest absolute Gasteiger partial charge is 0.384 e. The number of rotatable bonds is 2. The number of halogens is 3. The summed E-state index contributed by atoms with van der Waals surface area (Å²) in [7, 11) is 0. The van der Waals surface area contributed by atoms with Crippen molar-refractivity contribution >= 4 is 45.7 Å². The van der Waals surface area contributed by atoms with Gasteiger partial charge in [0.25, 0.3) is 0 Å². The summed E-state index contributed by atoms with van der Waals surface area (Å²) >= 11 is 18.2. The van der Waals surface area contributed by atoms with E-state index in [2.05, 4.69) is 4.98 Å². The minimum Gasteiger partial charge on any atom is -0.384 e. The molecule has 0 amide bonds. The summed E-state index contributed by atoms with van der Waals surface area (Å²) in [5.74, 6) is 0. The number of aliphatic hydroxyl groups is 1. The van der Waals surface area contributed by atoms with Gasteiger partial charge in [-0.3, -0.25) is 4.98 Å². The first-order chi connectivity index (χ1) is 10.1. The molecule has 0 aliphatic carbocycles. The van der Waals surface area contributed by atoms with Crippen molar-refractivity contribution in [1.29, 1.82) is 0 Å². The van der Waals surface area contributed by atoms with Crippen LogP contribution in [0.5, 0.6) is 0 Å². The Balaban J connectivity index is 2.19. The zero-order valence-electron chi connectivity index (χ0n) is 10.7. The van der Waals surface area contributed by atoms with Crippen LogP contribution in [0.2, 0.25) is 15.1 Å². The predicted octanol–water partition coefficient (Wildman–Crippen LogP) is 5.28. The lowest BCUT2D eigenvalue weighted by molar-refractivity contribution is 0.222. The number of hydrogen-bond donors (Lipinski definition) is 1. The molecule has 5 heteroatoms. The molecule has 21 heavy (non-hydrogen) atoms. The number of benzene rings is 2. The molecule has 1 aromatic heterocycles. The highest BCUT2D eigenvalue weighted by Gasteiger charge is 2.16. The smallest absolute Gasteiger partial charge is 0.105 e. The maximum atomic E-state index is 10.6. The Morgan fingerprint density at radius 3 is 2.57 bits per heavy atom. The Bertz CT molecular complexity index is 820. The predicted molar refractivity (Wildman–Crippen MR) is 87.3 cm³/mol. The molecule has 2 nitrogen and oxygen atoms in total. The topological polar surface area (TPSA) is 33.1 Å². The van der Waals surface area contributed by atoms with Crippen molar-refractivity contribution in [2.24, 2.45) is 0 Å². The Kier molecular flexibility index (Phi) is 4.05. The molecule has 1 heterocycles. The van der Waals surface area contributed by atoms with Crippen molar-refractivity contribution in [2.75, 3.05) is 0 Å². The van der Waals surface area contributed by atoms with Gasteiger partial charge in [-0.05, 0) is 35.4 Å². The Hall–Kier alpha value is -1.32. The van der Waals surface area contributed by atoms with E-state index in [0.717, 1.165) is 5.39 Å². The van der Waals surface area contributed by atoms with Crippen LogP contribution in [0.3, 0.4) is 0 Å². The molecule has 106 valence electrons. The molecule has 0 bridgehead atoms. The summed E-state index contributed by atoms with van der Waals surface area (Å²) in [6, 6.07) is 12.4. The van der Waals surface area contributed by atoms with E-state index in [1.807, 2.05) is 6.07 Å². The first kappa shape index (κ1) is 14.6. The lowest BCUT2D eigenvalue weighted by atomic mass is 9.98. The van der Waals surface area contributed by atoms with Crippen molar-refractivity contribution in [3.63, 3.8) is 0 Å². The van der Waals surface area contributed by atoms with Crippen LogP contribution in [0.1, 0.15) is 17.2 Å². The molecule has 0 fully saturated rings. The molecule has 1 N–H and O–H groups in total. The highest BCUT2D eigenvalue weighted by atomic mass is 35.5. The molecular formula is C16H10Cl3NO. The second-order valence-electron chi connectivity index (χ2n) is 4.62. The number of hydrogen-bond acceptors (Lipinski definition) is 2. The van der Waals surface area contributed by atoms with E-state index in [1.54, 1.807) is 42.6 Å². The number of pyridine rings is 1. The minimum absolute atomic E-state index is 0.384. The molecule has 0 saturated carbocycles. The molecule has 0 spiro atoms. The zero-order chi connectivity index (χ0) is 15.0. The average molecular weight is 339 g/mol. The molecule has 0 aliphatic heterocycles. The Morgan fingerprint density at radius 2 is 1.81 bits per heavy atom. The van der Waals surface area contributed by atoms with Crippen molar-refractivity contribution < 1.29 is 5.11 Å². The first-order valence-electron chi connectivity index (χ1n) is 6.24. The standard InChI is InChI=1S/C16H10Cl3NO/c17-10-3-1-2-9(8-10)16(21)12-6-7-20-15-11(12)4-5-13(18)14(15)19/h1-8,16,21H.